The van der Waals surface area contributed by atoms with E-state index in [1.54, 1.807) is 6.92 Å². The monoisotopic (exact) mass is 359 g/mol. The molecule has 142 valence electrons. The molecule has 7 nitrogen and oxygen atoms in total. The van der Waals surface area contributed by atoms with E-state index in [9.17, 15) is 0 Å². The molecule has 0 saturated heterocycles. The van der Waals surface area contributed by atoms with Gasteiger partial charge in [0.25, 0.3) is 0 Å². The molecule has 1 aromatic heterocycles. The number of nitrogens with one attached hydrogen (secondary N) is 2. The van der Waals surface area contributed by atoms with Crippen molar-refractivity contribution in [1.82, 2.24) is 20.8 Å². The molecule has 0 aliphatic rings. The van der Waals surface area contributed by atoms with Crippen molar-refractivity contribution in [3.8, 4) is 5.75 Å². The number of aromatic nitrogens is 2. The SMILES string of the molecule is CCNC(=NCc1ccc(C)cc1OC(C)CC)NCc1nc(C)no1. The molecule has 1 heterocycles. The largest absolute Gasteiger partial charge is 0.490 e. The number of aliphatic imine (C=N–C) groups is 1. The molecule has 1 atom stereocenters. The molecule has 2 aromatic rings. The molecule has 0 bridgehead atoms. The molecule has 0 aliphatic carbocycles. The number of hydrogen-bond donors (Lipinski definition) is 2. The number of rotatable bonds is 8. The van der Waals surface area contributed by atoms with Gasteiger partial charge in [-0.1, -0.05) is 24.2 Å². The van der Waals surface area contributed by atoms with E-state index < -0.39 is 0 Å². The van der Waals surface area contributed by atoms with E-state index in [2.05, 4.69) is 64.7 Å². The maximum Gasteiger partial charge on any atom is 0.246 e. The van der Waals surface area contributed by atoms with Crippen LogP contribution < -0.4 is 15.4 Å². The van der Waals surface area contributed by atoms with Crippen LogP contribution in [0.2, 0.25) is 0 Å². The van der Waals surface area contributed by atoms with E-state index >= 15 is 0 Å². The summed E-state index contributed by atoms with van der Waals surface area (Å²) in [6.07, 6.45) is 1.14. The van der Waals surface area contributed by atoms with Gasteiger partial charge in [0, 0.05) is 12.1 Å². The van der Waals surface area contributed by atoms with Gasteiger partial charge in [0.2, 0.25) is 5.89 Å². The topological polar surface area (TPSA) is 84.6 Å². The summed E-state index contributed by atoms with van der Waals surface area (Å²) in [5.74, 6) is 2.74. The number of aryl methyl sites for hydroxylation is 2. The van der Waals surface area contributed by atoms with E-state index in [1.165, 1.54) is 5.56 Å². The van der Waals surface area contributed by atoms with E-state index in [0.29, 0.717) is 30.8 Å². The summed E-state index contributed by atoms with van der Waals surface area (Å²) in [5.41, 5.74) is 2.23. The molecular weight excluding hydrogens is 330 g/mol. The van der Waals surface area contributed by atoms with E-state index in [-0.39, 0.29) is 6.10 Å². The Morgan fingerprint density at radius 2 is 2.08 bits per heavy atom. The van der Waals surface area contributed by atoms with E-state index in [1.807, 2.05) is 6.92 Å². The first-order valence-corrected chi connectivity index (χ1v) is 9.09. The highest BCUT2D eigenvalue weighted by atomic mass is 16.5. The van der Waals surface area contributed by atoms with E-state index in [0.717, 1.165) is 24.3 Å². The fourth-order valence-corrected chi connectivity index (χ4v) is 2.28. The number of hydrogen-bond acceptors (Lipinski definition) is 5. The number of benzene rings is 1. The quantitative estimate of drug-likeness (QED) is 0.556. The van der Waals surface area contributed by atoms with Gasteiger partial charge in [-0.05, 0) is 45.7 Å². The number of nitrogens with zero attached hydrogens (tertiary/aromatic N) is 3. The minimum absolute atomic E-state index is 0.173. The minimum atomic E-state index is 0.173. The molecule has 0 fully saturated rings. The second-order valence-corrected chi connectivity index (χ2v) is 6.23. The van der Waals surface area contributed by atoms with Gasteiger partial charge >= 0.3 is 0 Å². The number of ether oxygens (including phenoxy) is 1. The van der Waals surface area contributed by atoms with Gasteiger partial charge in [-0.15, -0.1) is 0 Å². The minimum Gasteiger partial charge on any atom is -0.490 e. The van der Waals surface area contributed by atoms with Crippen molar-refractivity contribution in [2.45, 2.75) is 60.2 Å². The maximum atomic E-state index is 6.06. The molecule has 1 aromatic carbocycles. The van der Waals surface area contributed by atoms with Crippen LogP contribution in [0.3, 0.4) is 0 Å². The van der Waals surface area contributed by atoms with Crippen molar-refractivity contribution in [2.24, 2.45) is 4.99 Å². The Bertz CT molecular complexity index is 726. The Balaban J connectivity index is 2.07. The van der Waals surface area contributed by atoms with Gasteiger partial charge in [-0.2, -0.15) is 4.98 Å². The second kappa shape index (κ2) is 9.79. The standard InChI is InChI=1S/C19H29N5O2/c1-6-14(4)25-17-10-13(3)8-9-16(17)11-21-19(20-7-2)22-12-18-23-15(5)24-26-18/h8-10,14H,6-7,11-12H2,1-5H3,(H2,20,21,22). The third-order valence-corrected chi connectivity index (χ3v) is 3.85. The van der Waals surface area contributed by atoms with Crippen molar-refractivity contribution in [3.05, 3.63) is 41.0 Å². The smallest absolute Gasteiger partial charge is 0.246 e. The lowest BCUT2D eigenvalue weighted by molar-refractivity contribution is 0.215. The first-order chi connectivity index (χ1) is 12.5. The summed E-state index contributed by atoms with van der Waals surface area (Å²) in [6, 6.07) is 6.22. The van der Waals surface area contributed by atoms with Crippen LogP contribution in [0, 0.1) is 13.8 Å². The summed E-state index contributed by atoms with van der Waals surface area (Å²) in [7, 11) is 0. The third kappa shape index (κ3) is 6.06. The van der Waals surface area contributed by atoms with Crippen molar-refractivity contribution in [2.75, 3.05) is 6.54 Å². The van der Waals surface area contributed by atoms with Crippen LogP contribution in [0.1, 0.15) is 50.0 Å². The van der Waals surface area contributed by atoms with Crippen molar-refractivity contribution >= 4 is 5.96 Å². The van der Waals surface area contributed by atoms with Crippen molar-refractivity contribution < 1.29 is 9.26 Å². The molecule has 2 N–H and O–H groups in total. The lowest BCUT2D eigenvalue weighted by Gasteiger charge is -2.16. The third-order valence-electron chi connectivity index (χ3n) is 3.85. The Labute approximate surface area is 155 Å². The van der Waals surface area contributed by atoms with Gasteiger partial charge in [-0.25, -0.2) is 4.99 Å². The lowest BCUT2D eigenvalue weighted by atomic mass is 10.1. The van der Waals surface area contributed by atoms with Crippen molar-refractivity contribution in [1.29, 1.82) is 0 Å². The molecule has 7 heteroatoms. The first-order valence-electron chi connectivity index (χ1n) is 9.09. The molecule has 26 heavy (non-hydrogen) atoms. The van der Waals surface area contributed by atoms with Crippen LogP contribution >= 0.6 is 0 Å². The predicted molar refractivity (Wildman–Crippen MR) is 102 cm³/mol. The molecule has 0 amide bonds. The van der Waals surface area contributed by atoms with Crippen LogP contribution in [-0.4, -0.2) is 28.7 Å². The molecule has 0 aliphatic heterocycles. The van der Waals surface area contributed by atoms with Gasteiger partial charge < -0.3 is 19.9 Å². The summed E-state index contributed by atoms with van der Waals surface area (Å²) >= 11 is 0. The van der Waals surface area contributed by atoms with Crippen LogP contribution in [0.25, 0.3) is 0 Å². The normalized spacial score (nSPS) is 12.7. The van der Waals surface area contributed by atoms with E-state index in [4.69, 9.17) is 9.26 Å². The average Bonchev–Trinajstić information content (AvgIpc) is 3.04. The molecule has 0 spiro atoms. The molecule has 0 saturated carbocycles. The fraction of sp³-hybridized carbons (Fsp3) is 0.526. The van der Waals surface area contributed by atoms with Gasteiger partial charge in [0.05, 0.1) is 19.2 Å². The second-order valence-electron chi connectivity index (χ2n) is 6.23. The zero-order valence-corrected chi connectivity index (χ0v) is 16.3. The van der Waals surface area contributed by atoms with Gasteiger partial charge in [-0.3, -0.25) is 0 Å². The van der Waals surface area contributed by atoms with Crippen LogP contribution in [-0.2, 0) is 13.1 Å². The summed E-state index contributed by atoms with van der Waals surface area (Å²) < 4.78 is 11.2. The van der Waals surface area contributed by atoms with Gasteiger partial charge in [0.1, 0.15) is 5.75 Å². The van der Waals surface area contributed by atoms with Crippen LogP contribution in [0.5, 0.6) is 5.75 Å². The number of guanidine groups is 1. The summed E-state index contributed by atoms with van der Waals surface area (Å²) in [4.78, 5) is 8.84. The zero-order chi connectivity index (χ0) is 18.9. The van der Waals surface area contributed by atoms with Crippen molar-refractivity contribution in [3.63, 3.8) is 0 Å². The first kappa shape index (κ1) is 19.8. The average molecular weight is 359 g/mol. The Hall–Kier alpha value is -2.57. The fourth-order valence-electron chi connectivity index (χ4n) is 2.28. The predicted octanol–water partition coefficient (Wildman–Crippen LogP) is 3.12. The Kier molecular flexibility index (Phi) is 7.44. The Morgan fingerprint density at radius 3 is 2.73 bits per heavy atom. The van der Waals surface area contributed by atoms with Crippen LogP contribution in [0.4, 0.5) is 0 Å². The molecular formula is C19H29N5O2. The lowest BCUT2D eigenvalue weighted by Crippen LogP contribution is -2.36. The summed E-state index contributed by atoms with van der Waals surface area (Å²) in [5, 5.41) is 10.2. The van der Waals surface area contributed by atoms with Crippen LogP contribution in [0.15, 0.2) is 27.7 Å². The summed E-state index contributed by atoms with van der Waals surface area (Å²) in [6.45, 7) is 11.8. The highest BCUT2D eigenvalue weighted by molar-refractivity contribution is 5.79. The molecule has 2 rings (SSSR count). The Morgan fingerprint density at radius 1 is 1.27 bits per heavy atom. The zero-order valence-electron chi connectivity index (χ0n) is 16.3. The highest BCUT2D eigenvalue weighted by Gasteiger charge is 2.09. The highest BCUT2D eigenvalue weighted by Crippen LogP contribution is 2.23. The van der Waals surface area contributed by atoms with Gasteiger partial charge in [0.15, 0.2) is 11.8 Å². The molecule has 0 radical (unpaired) electrons. The maximum absolute atomic E-state index is 6.06. The molecule has 1 unspecified atom stereocenters.